The van der Waals surface area contributed by atoms with Gasteiger partial charge in [0.25, 0.3) is 0 Å². The van der Waals surface area contributed by atoms with Crippen molar-refractivity contribution in [3.63, 3.8) is 0 Å². The first kappa shape index (κ1) is 13.9. The largest absolute Gasteiger partial charge is 0.281 e. The Morgan fingerprint density at radius 1 is 0.947 bits per heavy atom. The van der Waals surface area contributed by atoms with Gasteiger partial charge in [-0.3, -0.25) is 4.79 Å². The molecule has 0 N–H and O–H groups in total. The molecule has 4 bridgehead atoms. The van der Waals surface area contributed by atoms with Crippen LogP contribution in [-0.2, 0) is 4.79 Å². The first-order chi connectivity index (χ1) is 8.74. The van der Waals surface area contributed by atoms with E-state index in [1.54, 1.807) is 0 Å². The third-order valence-corrected chi connectivity index (χ3v) is 7.42. The molecule has 0 aliphatic heterocycles. The lowest BCUT2D eigenvalue weighted by molar-refractivity contribution is -0.190. The van der Waals surface area contributed by atoms with Crippen LogP contribution >= 0.6 is 11.6 Å². The Kier molecular flexibility index (Phi) is 2.93. The fourth-order valence-corrected chi connectivity index (χ4v) is 6.31. The summed E-state index contributed by atoms with van der Waals surface area (Å²) in [6.45, 7) is 9.42. The molecule has 0 spiro atoms. The van der Waals surface area contributed by atoms with Gasteiger partial charge in [0.2, 0.25) is 5.24 Å². The minimum absolute atomic E-state index is 0.0355. The third kappa shape index (κ3) is 1.76. The Morgan fingerprint density at radius 2 is 1.42 bits per heavy atom. The van der Waals surface area contributed by atoms with E-state index in [-0.39, 0.29) is 10.7 Å². The van der Waals surface area contributed by atoms with Crippen molar-refractivity contribution in [2.75, 3.05) is 0 Å². The Bertz CT molecular complexity index is 387. The van der Waals surface area contributed by atoms with Crippen molar-refractivity contribution in [3.05, 3.63) is 0 Å². The molecule has 0 aromatic heterocycles. The van der Waals surface area contributed by atoms with Crippen molar-refractivity contribution in [2.45, 2.75) is 66.2 Å². The fraction of sp³-hybridized carbons (Fsp3) is 0.941. The summed E-state index contributed by atoms with van der Waals surface area (Å²) < 4.78 is 0. The normalized spacial score (nSPS) is 48.3. The van der Waals surface area contributed by atoms with Crippen LogP contribution < -0.4 is 0 Å². The average molecular weight is 283 g/mol. The standard InChI is InChI=1S/C17H27ClO/c1-11(2)15-5-13-6-16(8-15,12(3)4)10-17(7-13,9-15)14(18)19/h11-13H,5-10H2,1-4H3/t13?,15-,16+,17?. The molecule has 0 aromatic carbocycles. The minimum atomic E-state index is -0.185. The van der Waals surface area contributed by atoms with Gasteiger partial charge in [-0.2, -0.15) is 0 Å². The second kappa shape index (κ2) is 4.00. The van der Waals surface area contributed by atoms with Gasteiger partial charge in [0, 0.05) is 5.41 Å². The number of hydrogen-bond donors (Lipinski definition) is 0. The molecule has 0 radical (unpaired) electrons. The molecular formula is C17H27ClO. The molecule has 0 amide bonds. The Labute approximate surface area is 122 Å². The number of halogens is 1. The summed E-state index contributed by atoms with van der Waals surface area (Å²) in [4.78, 5) is 12.2. The van der Waals surface area contributed by atoms with Gasteiger partial charge in [-0.15, -0.1) is 0 Å². The second-order valence-electron chi connectivity index (χ2n) is 8.60. The van der Waals surface area contributed by atoms with Gasteiger partial charge in [0.1, 0.15) is 0 Å². The van der Waals surface area contributed by atoms with Gasteiger partial charge in [-0.05, 0) is 78.7 Å². The van der Waals surface area contributed by atoms with Crippen LogP contribution in [0.4, 0.5) is 0 Å². The van der Waals surface area contributed by atoms with E-state index < -0.39 is 0 Å². The van der Waals surface area contributed by atoms with Crippen LogP contribution in [0, 0.1) is 34.0 Å². The maximum absolute atomic E-state index is 12.2. The topological polar surface area (TPSA) is 17.1 Å². The Balaban J connectivity index is 2.08. The molecular weight excluding hydrogens is 256 g/mol. The number of carbonyl (C=O) groups is 1. The van der Waals surface area contributed by atoms with Crippen molar-refractivity contribution in [2.24, 2.45) is 34.0 Å². The van der Waals surface area contributed by atoms with E-state index in [0.717, 1.165) is 25.2 Å². The lowest BCUT2D eigenvalue weighted by Gasteiger charge is -2.68. The summed E-state index contributed by atoms with van der Waals surface area (Å²) >= 11 is 6.09. The van der Waals surface area contributed by atoms with Gasteiger partial charge in [0.05, 0.1) is 0 Å². The first-order valence-electron chi connectivity index (χ1n) is 7.94. The highest BCUT2D eigenvalue weighted by atomic mass is 35.5. The quantitative estimate of drug-likeness (QED) is 0.664. The van der Waals surface area contributed by atoms with Crippen LogP contribution in [0.1, 0.15) is 66.2 Å². The maximum atomic E-state index is 12.2. The summed E-state index contributed by atoms with van der Waals surface area (Å²) in [5.74, 6) is 2.08. The van der Waals surface area contributed by atoms with Crippen molar-refractivity contribution in [1.82, 2.24) is 0 Å². The summed E-state index contributed by atoms with van der Waals surface area (Å²) in [5.41, 5.74) is 0.581. The van der Waals surface area contributed by atoms with Crippen molar-refractivity contribution in [3.8, 4) is 0 Å². The van der Waals surface area contributed by atoms with Gasteiger partial charge in [0.15, 0.2) is 0 Å². The van der Waals surface area contributed by atoms with Gasteiger partial charge in [-0.1, -0.05) is 27.7 Å². The van der Waals surface area contributed by atoms with E-state index in [1.165, 1.54) is 19.3 Å². The van der Waals surface area contributed by atoms with Crippen LogP contribution in [0.15, 0.2) is 0 Å². The first-order valence-corrected chi connectivity index (χ1v) is 8.31. The lowest BCUT2D eigenvalue weighted by atomic mass is 9.36. The number of carbonyl (C=O) groups excluding carboxylic acids is 1. The highest BCUT2D eigenvalue weighted by molar-refractivity contribution is 6.64. The molecule has 4 rings (SSSR count). The lowest BCUT2D eigenvalue weighted by Crippen LogP contribution is -2.61. The minimum Gasteiger partial charge on any atom is -0.281 e. The predicted octanol–water partition coefficient (Wildman–Crippen LogP) is 5.02. The number of rotatable bonds is 3. The van der Waals surface area contributed by atoms with Gasteiger partial charge >= 0.3 is 0 Å². The Hall–Kier alpha value is -0.0400. The predicted molar refractivity (Wildman–Crippen MR) is 79.0 cm³/mol. The summed E-state index contributed by atoms with van der Waals surface area (Å²) in [5, 5.41) is -0.0355. The van der Waals surface area contributed by atoms with Crippen LogP contribution in [0.3, 0.4) is 0 Å². The monoisotopic (exact) mass is 282 g/mol. The maximum Gasteiger partial charge on any atom is 0.227 e. The highest BCUT2D eigenvalue weighted by Crippen LogP contribution is 2.73. The van der Waals surface area contributed by atoms with E-state index in [2.05, 4.69) is 27.7 Å². The SMILES string of the molecule is CC(C)[C@@]12CC3CC(C(=O)Cl)(C1)C[C@](C(C)C)(C3)C2. The van der Waals surface area contributed by atoms with Gasteiger partial charge in [-0.25, -0.2) is 0 Å². The smallest absolute Gasteiger partial charge is 0.227 e. The van der Waals surface area contributed by atoms with Crippen LogP contribution in [0.25, 0.3) is 0 Å². The van der Waals surface area contributed by atoms with E-state index in [1.807, 2.05) is 0 Å². The molecule has 4 atom stereocenters. The van der Waals surface area contributed by atoms with E-state index in [0.29, 0.717) is 22.7 Å². The highest BCUT2D eigenvalue weighted by Gasteiger charge is 2.66. The fourth-order valence-electron chi connectivity index (χ4n) is 6.10. The summed E-state index contributed by atoms with van der Waals surface area (Å²) in [6, 6.07) is 0. The molecule has 0 aromatic rings. The van der Waals surface area contributed by atoms with Crippen molar-refractivity contribution in [1.29, 1.82) is 0 Å². The van der Waals surface area contributed by atoms with E-state index in [4.69, 9.17) is 11.6 Å². The van der Waals surface area contributed by atoms with Crippen molar-refractivity contribution >= 4 is 16.8 Å². The Morgan fingerprint density at radius 3 is 1.79 bits per heavy atom. The molecule has 0 heterocycles. The number of hydrogen-bond acceptors (Lipinski definition) is 1. The molecule has 4 aliphatic rings. The molecule has 4 saturated carbocycles. The van der Waals surface area contributed by atoms with Crippen LogP contribution in [0.2, 0.25) is 0 Å². The molecule has 108 valence electrons. The summed E-state index contributed by atoms with van der Waals surface area (Å²) in [6.07, 6.45) is 7.20. The zero-order chi connectivity index (χ0) is 14.1. The third-order valence-electron chi connectivity index (χ3n) is 7.02. The van der Waals surface area contributed by atoms with Crippen LogP contribution in [0.5, 0.6) is 0 Å². The zero-order valence-electron chi connectivity index (χ0n) is 12.8. The molecule has 4 aliphatic carbocycles. The molecule has 4 fully saturated rings. The average Bonchev–Trinajstić information content (AvgIpc) is 2.26. The molecule has 19 heavy (non-hydrogen) atoms. The van der Waals surface area contributed by atoms with E-state index >= 15 is 0 Å². The molecule has 0 saturated heterocycles. The second-order valence-corrected chi connectivity index (χ2v) is 8.94. The summed E-state index contributed by atoms with van der Waals surface area (Å²) in [7, 11) is 0. The zero-order valence-corrected chi connectivity index (χ0v) is 13.5. The van der Waals surface area contributed by atoms with Gasteiger partial charge < -0.3 is 0 Å². The molecule has 1 nitrogen and oxygen atoms in total. The van der Waals surface area contributed by atoms with E-state index in [9.17, 15) is 4.79 Å². The molecule has 2 unspecified atom stereocenters. The molecule has 2 heteroatoms. The van der Waals surface area contributed by atoms with Crippen LogP contribution in [-0.4, -0.2) is 5.24 Å². The van der Waals surface area contributed by atoms with Crippen molar-refractivity contribution < 1.29 is 4.79 Å².